The molecule has 2 heterocycles. The Morgan fingerprint density at radius 3 is 2.57 bits per heavy atom. The summed E-state index contributed by atoms with van der Waals surface area (Å²) in [7, 11) is 1.75. The third kappa shape index (κ3) is 5.50. The summed E-state index contributed by atoms with van der Waals surface area (Å²) < 4.78 is 10.7. The summed E-state index contributed by atoms with van der Waals surface area (Å²) in [6.07, 6.45) is 7.11. The zero-order valence-electron chi connectivity index (χ0n) is 16.6. The molecule has 0 spiro atoms. The Kier molecular flexibility index (Phi) is 7.33. The molecule has 1 aromatic rings. The fourth-order valence-corrected chi connectivity index (χ4v) is 3.69. The number of carbonyl (C=O) groups excluding carboxylic acids is 2. The lowest BCUT2D eigenvalue weighted by Crippen LogP contribution is -2.53. The zero-order valence-corrected chi connectivity index (χ0v) is 16.6. The van der Waals surface area contributed by atoms with Gasteiger partial charge in [0.15, 0.2) is 11.7 Å². The van der Waals surface area contributed by atoms with Crippen molar-refractivity contribution < 1.29 is 18.7 Å². The van der Waals surface area contributed by atoms with Gasteiger partial charge < -0.3 is 24.3 Å². The number of furan rings is 1. The quantitative estimate of drug-likeness (QED) is 0.345. The van der Waals surface area contributed by atoms with Crippen LogP contribution in [0, 0.1) is 0 Å². The van der Waals surface area contributed by atoms with Gasteiger partial charge in [-0.05, 0) is 44.2 Å². The van der Waals surface area contributed by atoms with Gasteiger partial charge in [-0.2, -0.15) is 0 Å². The van der Waals surface area contributed by atoms with Crippen molar-refractivity contribution in [3.8, 4) is 0 Å². The standard InChI is InChI=1S/C20H30N4O4/c1-21-20(22-10-4-9-18(25)28-16-6-2-3-7-16)24-13-11-23(12-14-24)19(26)17-8-5-15-27-17/h5,8,15-16H,2-4,6-7,9-14H2,1H3,(H,21,22). The fraction of sp³-hybridized carbons (Fsp3) is 0.650. The Bertz CT molecular complexity index is 660. The number of aliphatic imine (C=N–C) groups is 1. The fourth-order valence-electron chi connectivity index (χ4n) is 3.69. The molecule has 2 fully saturated rings. The van der Waals surface area contributed by atoms with Gasteiger partial charge in [0.2, 0.25) is 0 Å². The van der Waals surface area contributed by atoms with Crippen LogP contribution in [0.3, 0.4) is 0 Å². The van der Waals surface area contributed by atoms with Crippen LogP contribution in [0.25, 0.3) is 0 Å². The lowest BCUT2D eigenvalue weighted by atomic mass is 10.2. The first-order valence-electron chi connectivity index (χ1n) is 10.1. The minimum absolute atomic E-state index is 0.0756. The van der Waals surface area contributed by atoms with Gasteiger partial charge in [0.05, 0.1) is 6.26 Å². The van der Waals surface area contributed by atoms with Gasteiger partial charge in [-0.25, -0.2) is 0 Å². The van der Waals surface area contributed by atoms with Gasteiger partial charge in [-0.1, -0.05) is 0 Å². The van der Waals surface area contributed by atoms with E-state index in [0.717, 1.165) is 31.6 Å². The number of nitrogens with zero attached hydrogens (tertiary/aromatic N) is 3. The Morgan fingerprint density at radius 2 is 1.93 bits per heavy atom. The first kappa shape index (κ1) is 20.2. The summed E-state index contributed by atoms with van der Waals surface area (Å²) in [5, 5.41) is 3.31. The van der Waals surface area contributed by atoms with Crippen molar-refractivity contribution in [1.29, 1.82) is 0 Å². The molecule has 8 nitrogen and oxygen atoms in total. The minimum atomic E-state index is -0.103. The van der Waals surface area contributed by atoms with Crippen LogP contribution in [0.4, 0.5) is 0 Å². The van der Waals surface area contributed by atoms with E-state index >= 15 is 0 Å². The molecule has 1 aromatic heterocycles. The number of hydrogen-bond donors (Lipinski definition) is 1. The molecular formula is C20H30N4O4. The molecule has 0 radical (unpaired) electrons. The third-order valence-corrected chi connectivity index (χ3v) is 5.25. The molecule has 1 saturated carbocycles. The highest BCUT2D eigenvalue weighted by atomic mass is 16.5. The van der Waals surface area contributed by atoms with Crippen molar-refractivity contribution >= 4 is 17.8 Å². The molecular weight excluding hydrogens is 360 g/mol. The molecule has 154 valence electrons. The molecule has 1 aliphatic heterocycles. The van der Waals surface area contributed by atoms with E-state index in [1.807, 2.05) is 0 Å². The second-order valence-corrected chi connectivity index (χ2v) is 7.23. The Morgan fingerprint density at radius 1 is 1.21 bits per heavy atom. The number of rotatable bonds is 6. The summed E-state index contributed by atoms with van der Waals surface area (Å²) >= 11 is 0. The Labute approximate surface area is 165 Å². The number of amides is 1. The number of esters is 1. The number of hydrogen-bond acceptors (Lipinski definition) is 5. The molecule has 1 amide bonds. The molecule has 0 aromatic carbocycles. The van der Waals surface area contributed by atoms with Crippen LogP contribution < -0.4 is 5.32 Å². The van der Waals surface area contributed by atoms with Crippen molar-refractivity contribution in [3.63, 3.8) is 0 Å². The van der Waals surface area contributed by atoms with Gasteiger partial charge in [-0.15, -0.1) is 0 Å². The van der Waals surface area contributed by atoms with E-state index < -0.39 is 0 Å². The van der Waals surface area contributed by atoms with Gasteiger partial charge in [0.25, 0.3) is 5.91 Å². The Balaban J connectivity index is 1.34. The van der Waals surface area contributed by atoms with E-state index in [0.29, 0.717) is 51.3 Å². The van der Waals surface area contributed by atoms with Crippen molar-refractivity contribution in [2.75, 3.05) is 39.8 Å². The Hall–Kier alpha value is -2.51. The molecule has 2 aliphatic rings. The molecule has 1 N–H and O–H groups in total. The second-order valence-electron chi connectivity index (χ2n) is 7.23. The number of piperazine rings is 1. The number of nitrogens with one attached hydrogen (secondary N) is 1. The first-order valence-corrected chi connectivity index (χ1v) is 10.1. The maximum absolute atomic E-state index is 12.3. The van der Waals surface area contributed by atoms with Crippen molar-refractivity contribution in [2.24, 2.45) is 4.99 Å². The topological polar surface area (TPSA) is 87.4 Å². The van der Waals surface area contributed by atoms with Crippen LogP contribution >= 0.6 is 0 Å². The monoisotopic (exact) mass is 390 g/mol. The number of guanidine groups is 1. The maximum atomic E-state index is 12.3. The van der Waals surface area contributed by atoms with E-state index in [1.54, 1.807) is 24.1 Å². The molecule has 1 saturated heterocycles. The van der Waals surface area contributed by atoms with Gasteiger partial charge in [0, 0.05) is 46.2 Å². The summed E-state index contributed by atoms with van der Waals surface area (Å²) in [5.74, 6) is 0.997. The summed E-state index contributed by atoms with van der Waals surface area (Å²) in [6.45, 7) is 3.31. The van der Waals surface area contributed by atoms with Crippen molar-refractivity contribution in [3.05, 3.63) is 24.2 Å². The van der Waals surface area contributed by atoms with E-state index in [4.69, 9.17) is 9.15 Å². The van der Waals surface area contributed by atoms with Crippen molar-refractivity contribution in [2.45, 2.75) is 44.6 Å². The highest BCUT2D eigenvalue weighted by molar-refractivity contribution is 5.91. The highest BCUT2D eigenvalue weighted by Crippen LogP contribution is 2.21. The number of ether oxygens (including phenoxy) is 1. The summed E-state index contributed by atoms with van der Waals surface area (Å²) in [4.78, 5) is 32.5. The molecule has 0 unspecified atom stereocenters. The van der Waals surface area contributed by atoms with Crippen LogP contribution in [-0.4, -0.2) is 73.5 Å². The molecule has 0 atom stereocenters. The van der Waals surface area contributed by atoms with Crippen LogP contribution in [0.15, 0.2) is 27.8 Å². The summed E-state index contributed by atoms with van der Waals surface area (Å²) in [5.41, 5.74) is 0. The third-order valence-electron chi connectivity index (χ3n) is 5.25. The molecule has 28 heavy (non-hydrogen) atoms. The molecule has 0 bridgehead atoms. The second kappa shape index (κ2) is 10.1. The first-order chi connectivity index (χ1) is 13.7. The van der Waals surface area contributed by atoms with Crippen molar-refractivity contribution in [1.82, 2.24) is 15.1 Å². The predicted octanol–water partition coefficient (Wildman–Crippen LogP) is 1.88. The molecule has 1 aliphatic carbocycles. The lowest BCUT2D eigenvalue weighted by Gasteiger charge is -2.36. The highest BCUT2D eigenvalue weighted by Gasteiger charge is 2.25. The largest absolute Gasteiger partial charge is 0.462 e. The summed E-state index contributed by atoms with van der Waals surface area (Å²) in [6, 6.07) is 3.41. The van der Waals surface area contributed by atoms with Gasteiger partial charge in [0.1, 0.15) is 6.10 Å². The van der Waals surface area contributed by atoms with E-state index in [1.165, 1.54) is 6.26 Å². The molecule has 3 rings (SSSR count). The van der Waals surface area contributed by atoms with Crippen LogP contribution in [0.2, 0.25) is 0 Å². The van der Waals surface area contributed by atoms with Crippen LogP contribution in [0.5, 0.6) is 0 Å². The average Bonchev–Trinajstić information content (AvgIpc) is 3.42. The number of carbonyl (C=O) groups is 2. The zero-order chi connectivity index (χ0) is 19.8. The predicted molar refractivity (Wildman–Crippen MR) is 105 cm³/mol. The van der Waals surface area contributed by atoms with Gasteiger partial charge in [-0.3, -0.25) is 14.6 Å². The van der Waals surface area contributed by atoms with E-state index in [9.17, 15) is 9.59 Å². The molecule has 8 heteroatoms. The van der Waals surface area contributed by atoms with Crippen LogP contribution in [0.1, 0.15) is 49.1 Å². The van der Waals surface area contributed by atoms with Crippen LogP contribution in [-0.2, 0) is 9.53 Å². The van der Waals surface area contributed by atoms with E-state index in [-0.39, 0.29) is 18.0 Å². The average molecular weight is 390 g/mol. The SMILES string of the molecule is CN=C(NCCCC(=O)OC1CCCC1)N1CCN(C(=O)c2ccco2)CC1. The van der Waals surface area contributed by atoms with Gasteiger partial charge >= 0.3 is 5.97 Å². The van der Waals surface area contributed by atoms with E-state index in [2.05, 4.69) is 15.2 Å². The minimum Gasteiger partial charge on any atom is -0.462 e. The lowest BCUT2D eigenvalue weighted by molar-refractivity contribution is -0.148. The normalized spacial score (nSPS) is 18.4. The maximum Gasteiger partial charge on any atom is 0.306 e. The smallest absolute Gasteiger partial charge is 0.306 e.